The number of fused-ring (bicyclic) bond motifs is 4. The van der Waals surface area contributed by atoms with Gasteiger partial charge in [-0.2, -0.15) is 0 Å². The number of halogens is 1. The van der Waals surface area contributed by atoms with Crippen molar-refractivity contribution in [3.63, 3.8) is 0 Å². The summed E-state index contributed by atoms with van der Waals surface area (Å²) in [6.07, 6.45) is 8.29. The molecular formula is C64H71ClN10O11. The molecule has 0 radical (unpaired) electrons. The molecule has 2 unspecified atom stereocenters. The van der Waals surface area contributed by atoms with Crippen molar-refractivity contribution in [2.24, 2.45) is 11.5 Å². The van der Waals surface area contributed by atoms with E-state index in [0.717, 1.165) is 40.4 Å². The fraction of sp³-hybridized carbons (Fsp3) is 0.172. The fourth-order valence-corrected chi connectivity index (χ4v) is 7.66. The molecule has 6 aromatic carbocycles. The summed E-state index contributed by atoms with van der Waals surface area (Å²) < 4.78 is 0. The number of para-hydroxylation sites is 4. The number of non-ortho nitro benzene ring substituents is 1. The van der Waals surface area contributed by atoms with Gasteiger partial charge in [-0.3, -0.25) is 30.1 Å². The van der Waals surface area contributed by atoms with Gasteiger partial charge in [-0.25, -0.2) is 4.98 Å². The van der Waals surface area contributed by atoms with Crippen LogP contribution in [-0.2, 0) is 6.61 Å². The van der Waals surface area contributed by atoms with Crippen molar-refractivity contribution in [1.29, 1.82) is 0 Å². The Morgan fingerprint density at radius 3 is 1.62 bits per heavy atom. The average molecular weight is 1190 g/mol. The van der Waals surface area contributed by atoms with Crippen LogP contribution in [0.3, 0.4) is 0 Å². The van der Waals surface area contributed by atoms with Crippen LogP contribution in [0.4, 0.5) is 11.4 Å². The van der Waals surface area contributed by atoms with Crippen molar-refractivity contribution in [3.8, 4) is 28.7 Å². The van der Waals surface area contributed by atoms with Crippen LogP contribution in [0, 0.1) is 17.0 Å². The number of aliphatic hydroxyl groups excluding tert-OH is 4. The Morgan fingerprint density at radius 1 is 0.593 bits per heavy atom. The summed E-state index contributed by atoms with van der Waals surface area (Å²) in [7, 11) is 0. The lowest BCUT2D eigenvalue weighted by atomic mass is 10.1. The van der Waals surface area contributed by atoms with Gasteiger partial charge in [0.2, 0.25) is 0 Å². The lowest BCUT2D eigenvalue weighted by Crippen LogP contribution is -2.24. The predicted octanol–water partition coefficient (Wildman–Crippen LogP) is 9.53. The zero-order valence-electron chi connectivity index (χ0n) is 47.1. The third kappa shape index (κ3) is 23.2. The number of nitrogens with zero attached hydrogens (tertiary/aromatic N) is 6. The number of aromatic nitrogens is 5. The minimum Gasteiger partial charge on any atom is -0.506 e. The second-order valence-corrected chi connectivity index (χ2v) is 18.5. The molecule has 1 aliphatic rings. The Kier molecular flexibility index (Phi) is 30.6. The van der Waals surface area contributed by atoms with E-state index in [1.807, 2.05) is 97.9 Å². The maximum Gasteiger partial charge on any atom is 0.279 e. The van der Waals surface area contributed by atoms with E-state index in [1.165, 1.54) is 30.8 Å². The Hall–Kier alpha value is -9.68. The van der Waals surface area contributed by atoms with Crippen LogP contribution in [0.1, 0.15) is 35.9 Å². The maximum atomic E-state index is 10.6. The molecule has 16 N–H and O–H groups in total. The van der Waals surface area contributed by atoms with Crippen molar-refractivity contribution in [1.82, 2.24) is 30.2 Å². The number of nitrogens with one attached hydrogen (secondary N) is 1. The van der Waals surface area contributed by atoms with Gasteiger partial charge in [0.1, 0.15) is 50.8 Å². The standard InChI is InChI=1S/C10H9NO.C9H6ClNO.C9H6N2O3.C9H7NO.C8H11NO.2C6H7NO.C5H11NO.C2H7NO/c1-7-5-6-8-3-2-4-9(12)10(8)11-7;10-7-3-4-8(12)9-6(7)2-1-5-11-9;12-8-4-3-7(11(13)14)6-2-1-5-10-9(6)8;11-8-5-1-3-7-4-2-6-10-9(7)8;9-6-8(10)7-4-2-1-3-5-7;8-5-6-3-1-2-4-7-6;7-5-3-1-2-4-6(5)8;7-4-5-2-1-3-6-5;3-1-2-4/h2-6,12H,1H3;1-5,12H;1-5,12H;1-6,11H;1-5,8,10H,6,9H2;1-4,8H,5H2;1-4,8H,7H2;5-7H,1-4H2;4H,1-3H2. The summed E-state index contributed by atoms with van der Waals surface area (Å²) >= 11 is 5.88. The summed E-state index contributed by atoms with van der Waals surface area (Å²) in [5, 5.41) is 97.7. The molecule has 2 atom stereocenters. The third-order valence-electron chi connectivity index (χ3n) is 11.8. The highest BCUT2D eigenvalue weighted by Crippen LogP contribution is 2.31. The van der Waals surface area contributed by atoms with Gasteiger partial charge in [-0.05, 0) is 123 Å². The van der Waals surface area contributed by atoms with Crippen molar-refractivity contribution in [2.75, 3.05) is 38.6 Å². The molecule has 450 valence electrons. The third-order valence-corrected chi connectivity index (χ3v) is 12.1. The number of nitro groups is 1. The Morgan fingerprint density at radius 2 is 1.12 bits per heavy atom. The molecule has 0 spiro atoms. The number of rotatable bonds is 6. The molecule has 6 heterocycles. The summed E-state index contributed by atoms with van der Waals surface area (Å²) in [6, 6.07) is 52.8. The van der Waals surface area contributed by atoms with Crippen LogP contribution in [0.15, 0.2) is 207 Å². The SMILES string of the molecule is Cc1ccc2cccc(O)c2n1.NCC(O)c1ccccc1.NCCO.Nc1ccccc1O.O=[N+]([O-])c1ccc(O)c2ncccc12.OCC1CCCN1.OCc1ccccn1.Oc1ccc(Cl)c2cccnc12.Oc1cccc2cccnc12. The van der Waals surface area contributed by atoms with E-state index in [2.05, 4.69) is 30.2 Å². The van der Waals surface area contributed by atoms with Crippen LogP contribution in [-0.4, -0.2) is 115 Å². The molecule has 1 fully saturated rings. The van der Waals surface area contributed by atoms with Crippen molar-refractivity contribution in [3.05, 3.63) is 239 Å². The summed E-state index contributed by atoms with van der Waals surface area (Å²) in [5.41, 5.74) is 20.3. The number of hydrogen-bond acceptors (Lipinski definition) is 20. The number of hydrogen-bond donors (Lipinski definition) is 13. The molecule has 0 amide bonds. The second-order valence-electron chi connectivity index (χ2n) is 18.1. The maximum absolute atomic E-state index is 10.6. The number of nitro benzene ring substituents is 1. The number of pyridine rings is 5. The van der Waals surface area contributed by atoms with E-state index >= 15 is 0 Å². The first-order valence-corrected chi connectivity index (χ1v) is 27.1. The number of aromatic hydroxyl groups is 5. The molecule has 1 aliphatic heterocycles. The lowest BCUT2D eigenvalue weighted by molar-refractivity contribution is -0.383. The monoisotopic (exact) mass is 1190 g/mol. The van der Waals surface area contributed by atoms with Gasteiger partial charge < -0.3 is 68.5 Å². The molecule has 22 heteroatoms. The zero-order chi connectivity index (χ0) is 62.6. The number of nitrogens with two attached hydrogens (primary N) is 3. The molecule has 12 rings (SSSR count). The number of anilines is 1. The molecule has 1 saturated heterocycles. The van der Waals surface area contributed by atoms with Crippen LogP contribution in [0.5, 0.6) is 28.7 Å². The lowest BCUT2D eigenvalue weighted by Gasteiger charge is -2.05. The molecule has 86 heavy (non-hydrogen) atoms. The first kappa shape index (κ1) is 68.8. The largest absolute Gasteiger partial charge is 0.506 e. The number of phenols is 5. The Labute approximate surface area is 501 Å². The first-order chi connectivity index (χ1) is 41.6. The van der Waals surface area contributed by atoms with E-state index in [0.29, 0.717) is 57.5 Å². The van der Waals surface area contributed by atoms with E-state index < -0.39 is 11.0 Å². The van der Waals surface area contributed by atoms with Gasteiger partial charge in [0.05, 0.1) is 52.6 Å². The zero-order valence-corrected chi connectivity index (χ0v) is 47.8. The van der Waals surface area contributed by atoms with Crippen LogP contribution >= 0.6 is 11.6 Å². The van der Waals surface area contributed by atoms with E-state index in [4.69, 9.17) is 49.2 Å². The molecule has 11 aromatic rings. The highest BCUT2D eigenvalue weighted by molar-refractivity contribution is 6.35. The highest BCUT2D eigenvalue weighted by Gasteiger charge is 2.14. The van der Waals surface area contributed by atoms with Gasteiger partial charge in [-0.15, -0.1) is 0 Å². The van der Waals surface area contributed by atoms with Gasteiger partial charge in [0.15, 0.2) is 0 Å². The van der Waals surface area contributed by atoms with E-state index in [9.17, 15) is 35.6 Å². The molecule has 0 bridgehead atoms. The second kappa shape index (κ2) is 38.2. The number of phenolic OH excluding ortho intramolecular Hbond substituents is 5. The minimum atomic E-state index is -0.513. The van der Waals surface area contributed by atoms with Gasteiger partial charge in [-0.1, -0.05) is 96.5 Å². The normalized spacial score (nSPS) is 12.0. The number of nitrogen functional groups attached to an aromatic ring is 1. The summed E-state index contributed by atoms with van der Waals surface area (Å²) in [5.74, 6) is 0.744. The van der Waals surface area contributed by atoms with Crippen molar-refractivity contribution < 1.29 is 50.9 Å². The molecule has 5 aromatic heterocycles. The Bertz CT molecular complexity index is 3670. The molecule has 21 nitrogen and oxygen atoms in total. The van der Waals surface area contributed by atoms with Crippen molar-refractivity contribution in [2.45, 2.75) is 38.5 Å². The Balaban J connectivity index is 0.000000210. The van der Waals surface area contributed by atoms with Gasteiger partial charge in [0, 0.05) is 71.8 Å². The quantitative estimate of drug-likeness (QED) is 0.0319. The van der Waals surface area contributed by atoms with Crippen LogP contribution in [0.25, 0.3) is 43.6 Å². The van der Waals surface area contributed by atoms with E-state index in [-0.39, 0.29) is 59.7 Å². The summed E-state index contributed by atoms with van der Waals surface area (Å²) in [4.78, 5) is 30.1. The van der Waals surface area contributed by atoms with Gasteiger partial charge >= 0.3 is 0 Å². The van der Waals surface area contributed by atoms with Crippen molar-refractivity contribution >= 4 is 66.6 Å². The number of aryl methyl sites for hydroxylation is 1. The number of aliphatic hydroxyl groups is 4. The number of benzene rings is 6. The topological polar surface area (TPSA) is 380 Å². The fourth-order valence-electron chi connectivity index (χ4n) is 7.44. The molecule has 0 saturated carbocycles. The molecule has 0 aliphatic carbocycles. The van der Waals surface area contributed by atoms with Gasteiger partial charge in [0.25, 0.3) is 5.69 Å². The molecular weight excluding hydrogens is 1120 g/mol. The van der Waals surface area contributed by atoms with E-state index in [1.54, 1.807) is 91.4 Å². The average Bonchev–Trinajstić information content (AvgIpc) is 2.21. The predicted molar refractivity (Wildman–Crippen MR) is 337 cm³/mol. The summed E-state index contributed by atoms with van der Waals surface area (Å²) in [6.45, 7) is 4.09. The highest BCUT2D eigenvalue weighted by atomic mass is 35.5. The van der Waals surface area contributed by atoms with Crippen LogP contribution < -0.4 is 22.5 Å². The van der Waals surface area contributed by atoms with Crippen LogP contribution in [0.2, 0.25) is 5.02 Å². The smallest absolute Gasteiger partial charge is 0.279 e. The minimum absolute atomic E-state index is 0.0286. The first-order valence-electron chi connectivity index (χ1n) is 26.7.